The van der Waals surface area contributed by atoms with E-state index in [9.17, 15) is 4.79 Å². The molecule has 0 radical (unpaired) electrons. The SMILES string of the molecule is CCC1CCCC(C)N1NC(=O)C1=NN(c2ccc(Cl)cc2Cl)C(c2ccc(Cl)cc2)C1C. The highest BCUT2D eigenvalue weighted by molar-refractivity contribution is 6.41. The molecule has 1 fully saturated rings. The molecule has 0 saturated carbocycles. The number of hydrazone groups is 1. The number of benzene rings is 2. The van der Waals surface area contributed by atoms with Crippen LogP contribution >= 0.6 is 34.8 Å². The van der Waals surface area contributed by atoms with Crippen molar-refractivity contribution < 1.29 is 4.79 Å². The van der Waals surface area contributed by atoms with Crippen LogP contribution in [0.4, 0.5) is 5.69 Å². The zero-order valence-corrected chi connectivity index (χ0v) is 21.3. The summed E-state index contributed by atoms with van der Waals surface area (Å²) >= 11 is 18.8. The molecule has 2 aliphatic rings. The average molecular weight is 508 g/mol. The molecule has 2 aromatic carbocycles. The molecule has 0 aliphatic carbocycles. The molecule has 2 heterocycles. The maximum Gasteiger partial charge on any atom is 0.282 e. The molecular weight excluding hydrogens is 479 g/mol. The van der Waals surface area contributed by atoms with Crippen molar-refractivity contribution in [3.8, 4) is 0 Å². The number of hydrogen-bond donors (Lipinski definition) is 1. The number of halogens is 3. The quantitative estimate of drug-likeness (QED) is 0.479. The second-order valence-corrected chi connectivity index (χ2v) is 10.2. The number of rotatable bonds is 5. The van der Waals surface area contributed by atoms with Crippen LogP contribution in [0.2, 0.25) is 15.1 Å². The van der Waals surface area contributed by atoms with E-state index in [1.54, 1.807) is 12.1 Å². The highest BCUT2D eigenvalue weighted by atomic mass is 35.5. The van der Waals surface area contributed by atoms with E-state index < -0.39 is 0 Å². The van der Waals surface area contributed by atoms with Crippen molar-refractivity contribution in [1.29, 1.82) is 0 Å². The summed E-state index contributed by atoms with van der Waals surface area (Å²) in [5.74, 6) is -0.334. The van der Waals surface area contributed by atoms with Gasteiger partial charge in [-0.3, -0.25) is 15.2 Å². The topological polar surface area (TPSA) is 47.9 Å². The molecule has 176 valence electrons. The van der Waals surface area contributed by atoms with Gasteiger partial charge in [-0.2, -0.15) is 5.10 Å². The number of anilines is 1. The highest BCUT2D eigenvalue weighted by Crippen LogP contribution is 2.42. The van der Waals surface area contributed by atoms with Crippen LogP contribution in [0.15, 0.2) is 47.6 Å². The summed E-state index contributed by atoms with van der Waals surface area (Å²) in [4.78, 5) is 13.5. The van der Waals surface area contributed by atoms with E-state index in [0.29, 0.717) is 38.6 Å². The number of carbonyl (C=O) groups is 1. The van der Waals surface area contributed by atoms with Crippen LogP contribution in [0.3, 0.4) is 0 Å². The Bertz CT molecular complexity index is 1040. The van der Waals surface area contributed by atoms with Crippen LogP contribution in [-0.2, 0) is 4.79 Å². The molecule has 2 aromatic rings. The van der Waals surface area contributed by atoms with Gasteiger partial charge in [0.05, 0.1) is 16.8 Å². The molecule has 0 spiro atoms. The first-order chi connectivity index (χ1) is 15.8. The van der Waals surface area contributed by atoms with E-state index in [0.717, 1.165) is 24.8 Å². The van der Waals surface area contributed by atoms with E-state index in [1.807, 2.05) is 42.3 Å². The predicted molar refractivity (Wildman–Crippen MR) is 137 cm³/mol. The number of carbonyl (C=O) groups excluding carboxylic acids is 1. The Kier molecular flexibility index (Phi) is 7.54. The Morgan fingerprint density at radius 2 is 1.76 bits per heavy atom. The third-order valence-corrected chi connectivity index (χ3v) is 7.50. The lowest BCUT2D eigenvalue weighted by atomic mass is 9.91. The molecule has 0 aromatic heterocycles. The van der Waals surface area contributed by atoms with Gasteiger partial charge in [-0.15, -0.1) is 0 Å². The lowest BCUT2D eigenvalue weighted by Gasteiger charge is -2.40. The summed E-state index contributed by atoms with van der Waals surface area (Å²) in [5.41, 5.74) is 5.37. The molecule has 5 nitrogen and oxygen atoms in total. The zero-order chi connectivity index (χ0) is 23.7. The van der Waals surface area contributed by atoms with E-state index in [4.69, 9.17) is 39.9 Å². The second-order valence-electron chi connectivity index (χ2n) is 8.90. The van der Waals surface area contributed by atoms with Crippen molar-refractivity contribution in [2.24, 2.45) is 11.0 Å². The van der Waals surface area contributed by atoms with Crippen LogP contribution in [-0.4, -0.2) is 28.7 Å². The molecule has 1 N–H and O–H groups in total. The van der Waals surface area contributed by atoms with Gasteiger partial charge in [-0.25, -0.2) is 5.01 Å². The van der Waals surface area contributed by atoms with Crippen LogP contribution in [0.5, 0.6) is 0 Å². The molecule has 1 saturated heterocycles. The molecule has 1 amide bonds. The summed E-state index contributed by atoms with van der Waals surface area (Å²) in [6.45, 7) is 6.36. The summed E-state index contributed by atoms with van der Waals surface area (Å²) < 4.78 is 0. The van der Waals surface area contributed by atoms with Crippen molar-refractivity contribution in [3.05, 3.63) is 63.1 Å². The first-order valence-corrected chi connectivity index (χ1v) is 12.6. The van der Waals surface area contributed by atoms with Gasteiger partial charge in [-0.1, -0.05) is 67.2 Å². The molecule has 4 rings (SSSR count). The van der Waals surface area contributed by atoms with Crippen LogP contribution in [0.1, 0.15) is 58.1 Å². The first-order valence-electron chi connectivity index (χ1n) is 11.5. The first kappa shape index (κ1) is 24.3. The maximum atomic E-state index is 13.5. The fourth-order valence-electron chi connectivity index (χ4n) is 4.91. The molecular formula is C25H29Cl3N4O. The van der Waals surface area contributed by atoms with Gasteiger partial charge in [0.15, 0.2) is 0 Å². The minimum atomic E-state index is -0.206. The van der Waals surface area contributed by atoms with Crippen LogP contribution in [0.25, 0.3) is 0 Å². The molecule has 33 heavy (non-hydrogen) atoms. The number of piperidine rings is 1. The normalized spacial score (nSPS) is 25.8. The fourth-order valence-corrected chi connectivity index (χ4v) is 5.53. The predicted octanol–water partition coefficient (Wildman–Crippen LogP) is 6.88. The average Bonchev–Trinajstić information content (AvgIpc) is 3.12. The van der Waals surface area contributed by atoms with Gasteiger partial charge in [0.25, 0.3) is 5.91 Å². The van der Waals surface area contributed by atoms with Gasteiger partial charge >= 0.3 is 0 Å². The van der Waals surface area contributed by atoms with Crippen LogP contribution in [0, 0.1) is 5.92 Å². The third kappa shape index (κ3) is 5.02. The second kappa shape index (κ2) is 10.2. The largest absolute Gasteiger partial charge is 0.283 e. The van der Waals surface area contributed by atoms with Crippen molar-refractivity contribution >= 4 is 52.1 Å². The van der Waals surface area contributed by atoms with Crippen molar-refractivity contribution in [3.63, 3.8) is 0 Å². The summed E-state index contributed by atoms with van der Waals surface area (Å²) in [5, 5.41) is 10.4. The van der Waals surface area contributed by atoms with Gasteiger partial charge in [0, 0.05) is 28.0 Å². The van der Waals surface area contributed by atoms with Crippen molar-refractivity contribution in [1.82, 2.24) is 10.4 Å². The number of hydrazine groups is 1. The zero-order valence-electron chi connectivity index (χ0n) is 19.1. The Hall–Kier alpha value is -1.79. The Morgan fingerprint density at radius 3 is 2.42 bits per heavy atom. The number of amides is 1. The van der Waals surface area contributed by atoms with Crippen LogP contribution < -0.4 is 10.4 Å². The summed E-state index contributed by atoms with van der Waals surface area (Å²) in [6.07, 6.45) is 4.33. The van der Waals surface area contributed by atoms with Gasteiger partial charge in [-0.05, 0) is 62.1 Å². The van der Waals surface area contributed by atoms with Gasteiger partial charge in [0.2, 0.25) is 0 Å². The van der Waals surface area contributed by atoms with E-state index in [1.165, 1.54) is 6.42 Å². The van der Waals surface area contributed by atoms with E-state index >= 15 is 0 Å². The Labute approximate surface area is 210 Å². The number of hydrogen-bond acceptors (Lipinski definition) is 4. The smallest absolute Gasteiger partial charge is 0.282 e. The minimum absolute atomic E-state index is 0.166. The molecule has 8 heteroatoms. The molecule has 4 atom stereocenters. The number of nitrogens with zero attached hydrogens (tertiary/aromatic N) is 3. The van der Waals surface area contributed by atoms with Crippen molar-refractivity contribution in [2.75, 3.05) is 5.01 Å². The van der Waals surface area contributed by atoms with Gasteiger partial charge < -0.3 is 0 Å². The lowest BCUT2D eigenvalue weighted by Crippen LogP contribution is -2.56. The minimum Gasteiger partial charge on any atom is -0.283 e. The summed E-state index contributed by atoms with van der Waals surface area (Å²) in [6, 6.07) is 13.4. The molecule has 4 unspecified atom stereocenters. The third-order valence-electron chi connectivity index (χ3n) is 6.71. The number of nitrogens with one attached hydrogen (secondary N) is 1. The maximum absolute atomic E-state index is 13.5. The Morgan fingerprint density at radius 1 is 1.06 bits per heavy atom. The summed E-state index contributed by atoms with van der Waals surface area (Å²) in [7, 11) is 0. The Balaban J connectivity index is 1.68. The van der Waals surface area contributed by atoms with Crippen molar-refractivity contribution in [2.45, 2.75) is 64.6 Å². The monoisotopic (exact) mass is 506 g/mol. The standard InChI is InChI=1S/C25H29Cl3N4O/c1-4-20-7-5-6-15(2)31(20)30-25(33)23-16(3)24(17-8-10-18(26)11-9-17)32(29-23)22-13-12-19(27)14-21(22)28/h8-16,20,24H,4-7H2,1-3H3,(H,30,33). The fraction of sp³-hybridized carbons (Fsp3) is 0.440. The molecule has 2 aliphatic heterocycles. The van der Waals surface area contributed by atoms with Gasteiger partial charge in [0.1, 0.15) is 5.71 Å². The lowest BCUT2D eigenvalue weighted by molar-refractivity contribution is -0.123. The van der Waals surface area contributed by atoms with E-state index in [2.05, 4.69) is 24.3 Å². The highest BCUT2D eigenvalue weighted by Gasteiger charge is 2.41. The van der Waals surface area contributed by atoms with E-state index in [-0.39, 0.29) is 17.9 Å². The molecule has 0 bridgehead atoms.